The van der Waals surface area contributed by atoms with Crippen LogP contribution in [0.15, 0.2) is 103 Å². The van der Waals surface area contributed by atoms with Crippen LogP contribution < -0.4 is 141 Å². The number of ketones is 1. The van der Waals surface area contributed by atoms with Crippen LogP contribution >= 0.6 is 46.4 Å². The minimum Gasteiger partial charge on any atom is -1.00 e. The maximum absolute atomic E-state index is 14.1. The number of ether oxygens (including phenoxy) is 3. The molecule has 34 heteroatoms. The van der Waals surface area contributed by atoms with E-state index in [2.05, 4.69) is 31.0 Å². The zero-order chi connectivity index (χ0) is 68.0. The number of carboxylic acid groups (broad SMARTS) is 1. The first kappa shape index (κ1) is 84.2. The summed E-state index contributed by atoms with van der Waals surface area (Å²) in [5, 5.41) is 34.8. The molecule has 7 aromatic rings. The van der Waals surface area contributed by atoms with E-state index in [1.165, 1.54) is 38.5 Å². The quantitative estimate of drug-likeness (QED) is 0.0150. The maximum Gasteiger partial charge on any atom is 1.00 e. The van der Waals surface area contributed by atoms with Crippen LogP contribution in [0.5, 0.6) is 0 Å². The molecule has 5 heterocycles. The molecule has 3 aliphatic heterocycles. The number of primary amides is 2. The van der Waals surface area contributed by atoms with E-state index in [1.54, 1.807) is 78.9 Å². The van der Waals surface area contributed by atoms with E-state index < -0.39 is 41.1 Å². The van der Waals surface area contributed by atoms with Crippen LogP contribution in [0, 0.1) is 17.5 Å². The standard InChI is InChI=1S/C23H23ClFN5O4.C13H16ClFN2O2.C10H9Cl2FO.C10H9N3O3.C4H9NO.CH2O3.2K.H/c24-17-6-3-4-14(21(17)25)10-27-19(31)11-29(15-8-9-34-13-15)20(32)12-30-18-7-2-1-5-16(18)22(28-30)23(26)33;14-11-3-1-2-9(13(11)15)6-17-12(18)7-16-10-4-5-19-8-10;11-6-8(14)5-4-7-2-1-3-9(12)10(7)13;11-10(16)9-6-3-1-2-4-7(6)13(12-9)5-8(14)15;5-4-1-2-6-3-4;2-1-4-3;;;/h1-7,15H,8-13H2,(H2,26,33)(H,27,31);1-3,10,16H,4-8H2,(H,17,18);1-3H,4-6H2;1-4H,5H2,(H2,11,16)(H,14,15);4H,1-3,5H2;1,3H;;;/q;;;;;;2*+1;-1/p-1/t;10-;;;4-;;;;/m.1..1..../s1. The molecule has 0 saturated carbocycles. The summed E-state index contributed by atoms with van der Waals surface area (Å²) in [6, 6.07) is 28.1. The Kier molecular flexibility index (Phi) is 39.7. The van der Waals surface area contributed by atoms with E-state index in [9.17, 15) is 46.7 Å². The van der Waals surface area contributed by atoms with Gasteiger partial charge in [0.1, 0.15) is 36.3 Å². The van der Waals surface area contributed by atoms with Crippen molar-refractivity contribution in [1.82, 2.24) is 40.4 Å². The molecule has 95 heavy (non-hydrogen) atoms. The van der Waals surface area contributed by atoms with Crippen LogP contribution in [0.2, 0.25) is 15.1 Å². The number of para-hydroxylation sites is 2. The summed E-state index contributed by atoms with van der Waals surface area (Å²) in [6.45, 7) is 3.12. The van der Waals surface area contributed by atoms with Crippen molar-refractivity contribution in [1.29, 1.82) is 0 Å². The third-order valence-corrected chi connectivity index (χ3v) is 14.9. The van der Waals surface area contributed by atoms with Gasteiger partial charge in [-0.2, -0.15) is 10.2 Å². The summed E-state index contributed by atoms with van der Waals surface area (Å²) in [5.41, 5.74) is 18.4. The van der Waals surface area contributed by atoms with Crippen molar-refractivity contribution in [3.8, 4) is 0 Å². The molecule has 502 valence electrons. The number of benzene rings is 5. The van der Waals surface area contributed by atoms with Gasteiger partial charge >= 0.3 is 109 Å². The topological polar surface area (TPSA) is 370 Å². The number of carbonyl (C=O) groups excluding carboxylic acids is 7. The van der Waals surface area contributed by atoms with Crippen LogP contribution in [0.3, 0.4) is 0 Å². The second-order valence-electron chi connectivity index (χ2n) is 20.3. The predicted molar refractivity (Wildman–Crippen MR) is 336 cm³/mol. The van der Waals surface area contributed by atoms with E-state index in [4.69, 9.17) is 93.0 Å². The van der Waals surface area contributed by atoms with Crippen LogP contribution in [-0.2, 0) is 80.5 Å². The average molecular weight is 1460 g/mol. The molecule has 5 amide bonds. The Morgan fingerprint density at radius 3 is 1.57 bits per heavy atom. The third-order valence-electron chi connectivity index (χ3n) is 13.7. The summed E-state index contributed by atoms with van der Waals surface area (Å²) in [5.74, 6) is -5.04. The van der Waals surface area contributed by atoms with Crippen LogP contribution in [0.1, 0.15) is 64.8 Å². The fourth-order valence-electron chi connectivity index (χ4n) is 8.99. The number of fused-ring (bicyclic) bond motifs is 2. The predicted octanol–water partition coefficient (Wildman–Crippen LogP) is -0.936. The second kappa shape index (κ2) is 44.8. The molecule has 3 atom stereocenters. The van der Waals surface area contributed by atoms with Crippen molar-refractivity contribution < 1.29 is 185 Å². The van der Waals surface area contributed by atoms with Crippen LogP contribution in [-0.4, -0.2) is 154 Å². The van der Waals surface area contributed by atoms with Gasteiger partial charge in [0.15, 0.2) is 11.4 Å². The number of rotatable bonds is 21. The minimum atomic E-state index is -1.02. The van der Waals surface area contributed by atoms with Gasteiger partial charge in [-0.05, 0) is 61.6 Å². The smallest absolute Gasteiger partial charge is 1.00 e. The first-order valence-electron chi connectivity index (χ1n) is 28.4. The number of nitrogens with zero attached hydrogens (tertiary/aromatic N) is 5. The van der Waals surface area contributed by atoms with Crippen molar-refractivity contribution in [2.75, 3.05) is 58.6 Å². The number of alkyl halides is 1. The molecule has 0 radical (unpaired) electrons. The summed E-state index contributed by atoms with van der Waals surface area (Å²) in [7, 11) is 0. The first-order valence-corrected chi connectivity index (χ1v) is 30.1. The summed E-state index contributed by atoms with van der Waals surface area (Å²) in [6.07, 6.45) is 3.13. The Balaban J connectivity index is 0.000000433. The number of halogens is 7. The van der Waals surface area contributed by atoms with Gasteiger partial charge in [-0.1, -0.05) is 108 Å². The largest absolute Gasteiger partial charge is 1.00 e. The van der Waals surface area contributed by atoms with Crippen LogP contribution in [0.4, 0.5) is 13.2 Å². The number of nitrogens with two attached hydrogens (primary N) is 3. The summed E-state index contributed by atoms with van der Waals surface area (Å²) < 4.78 is 59.1. The van der Waals surface area contributed by atoms with E-state index >= 15 is 0 Å². The van der Waals surface area contributed by atoms with Gasteiger partial charge in [0.25, 0.3) is 18.3 Å². The van der Waals surface area contributed by atoms with Crippen molar-refractivity contribution in [2.24, 2.45) is 17.2 Å². The number of hydrogen-bond acceptors (Lipinski definition) is 17. The van der Waals surface area contributed by atoms with E-state index in [0.717, 1.165) is 32.7 Å². The molecule has 3 fully saturated rings. The van der Waals surface area contributed by atoms with Crippen molar-refractivity contribution in [3.63, 3.8) is 0 Å². The van der Waals surface area contributed by atoms with Gasteiger partial charge in [0.05, 0.1) is 70.9 Å². The zero-order valence-electron chi connectivity index (χ0n) is 52.7. The molecule has 0 aliphatic carbocycles. The molecule has 0 spiro atoms. The number of carboxylic acids is 1. The van der Waals surface area contributed by atoms with E-state index in [0.29, 0.717) is 71.6 Å². The number of aryl methyl sites for hydroxylation is 1. The Bertz CT molecular complexity index is 3690. The van der Waals surface area contributed by atoms with Crippen molar-refractivity contribution in [3.05, 3.63) is 164 Å². The molecule has 3 aliphatic rings. The molecular formula is C61H68Cl4F3K2N11O14. The normalized spacial score (nSPS) is 14.9. The van der Waals surface area contributed by atoms with Gasteiger partial charge in [-0.25, -0.2) is 13.2 Å². The van der Waals surface area contributed by atoms with Gasteiger partial charge < -0.3 is 68.9 Å². The number of aromatic nitrogens is 4. The number of aliphatic carboxylic acids is 1. The molecule has 25 nitrogen and oxygen atoms in total. The van der Waals surface area contributed by atoms with Crippen LogP contribution in [0.25, 0.3) is 21.8 Å². The first-order chi connectivity index (χ1) is 44.6. The molecule has 10 N–H and O–H groups in total. The van der Waals surface area contributed by atoms with Crippen molar-refractivity contribution >= 4 is 116 Å². The number of nitrogens with one attached hydrogen (secondary N) is 3. The molecule has 1 unspecified atom stereocenters. The Morgan fingerprint density at radius 1 is 0.674 bits per heavy atom. The van der Waals surface area contributed by atoms with E-state index in [-0.39, 0.29) is 224 Å². The average Bonchev–Trinajstić information content (AvgIpc) is 1.65. The third kappa shape index (κ3) is 28.0. The summed E-state index contributed by atoms with van der Waals surface area (Å²) >= 11 is 22.3. The number of amides is 5. The molecule has 0 bridgehead atoms. The second-order valence-corrected chi connectivity index (χ2v) is 21.8. The van der Waals surface area contributed by atoms with Gasteiger partial charge in [0, 0.05) is 73.3 Å². The fourth-order valence-corrected chi connectivity index (χ4v) is 9.71. The van der Waals surface area contributed by atoms with Gasteiger partial charge in [0.2, 0.25) is 17.7 Å². The summed E-state index contributed by atoms with van der Waals surface area (Å²) in [4.78, 5) is 94.6. The molecule has 3 saturated heterocycles. The minimum absolute atomic E-state index is 0. The Hall–Kier alpha value is -5.02. The molecule has 2 aromatic heterocycles. The van der Waals surface area contributed by atoms with Crippen molar-refractivity contribution in [2.45, 2.75) is 76.4 Å². The SMILES string of the molecule is NC(=O)c1nn(CC(=O)N(CC(=O)NCc2cccc(Cl)c2F)C2CCOC2)c2ccccc12.NC(=O)c1nn(CC(=O)O)c2ccccc12.N[C@@H]1CCOC1.O=C(CCl)CCc1cccc(Cl)c1F.O=C(CN[C@@H]1CCOC1)NCc1cccc(Cl)c1F.O=CO[O-].[H-].[K+].[K+]. The number of hydrogen-bond donors (Lipinski definition) is 7. The number of carbonyl (C=O) groups is 8. The van der Waals surface area contributed by atoms with Gasteiger partial charge in [-0.3, -0.25) is 47.7 Å². The fraction of sp³-hybridized carbons (Fsp3) is 0.344. The Morgan fingerprint density at radius 2 is 1.14 bits per heavy atom. The zero-order valence-corrected chi connectivity index (χ0v) is 61.0. The molecule has 5 aromatic carbocycles. The van der Waals surface area contributed by atoms with E-state index in [1.807, 2.05) is 0 Å². The maximum atomic E-state index is 14.1. The van der Waals surface area contributed by atoms with Gasteiger partial charge in [-0.15, -0.1) is 11.6 Å². The monoisotopic (exact) mass is 1450 g/mol. The molecular weight excluding hydrogens is 1390 g/mol. The number of Topliss-reactive ketones (excluding diaryl/α,β-unsaturated/α-hetero) is 1. The Labute approximate surface area is 650 Å². The molecule has 10 rings (SSSR count).